The van der Waals surface area contributed by atoms with E-state index in [2.05, 4.69) is 5.32 Å². The van der Waals surface area contributed by atoms with Crippen LogP contribution in [0.4, 0.5) is 8.78 Å². The SMILES string of the molecule is O=C(COc1c(F)cc(F)cc1S(=O)(=O)Cl)NCC1CC1. The fourth-order valence-electron chi connectivity index (χ4n) is 1.63. The van der Waals surface area contributed by atoms with Crippen molar-refractivity contribution in [3.05, 3.63) is 23.8 Å². The molecular weight excluding hydrogens is 328 g/mol. The lowest BCUT2D eigenvalue weighted by molar-refractivity contribution is -0.123. The van der Waals surface area contributed by atoms with Crippen LogP contribution in [0.1, 0.15) is 12.8 Å². The summed E-state index contributed by atoms with van der Waals surface area (Å²) in [5.41, 5.74) is 0. The monoisotopic (exact) mass is 339 g/mol. The summed E-state index contributed by atoms with van der Waals surface area (Å²) in [5, 5.41) is 2.56. The molecule has 0 atom stereocenters. The zero-order chi connectivity index (χ0) is 15.6. The van der Waals surface area contributed by atoms with Gasteiger partial charge < -0.3 is 10.1 Å². The first-order valence-corrected chi connectivity index (χ1v) is 8.41. The van der Waals surface area contributed by atoms with E-state index in [0.29, 0.717) is 24.6 Å². The Morgan fingerprint density at radius 1 is 1.38 bits per heavy atom. The van der Waals surface area contributed by atoms with Gasteiger partial charge in [0.15, 0.2) is 18.2 Å². The molecule has 1 aliphatic rings. The van der Waals surface area contributed by atoms with E-state index in [-0.39, 0.29) is 0 Å². The van der Waals surface area contributed by atoms with Gasteiger partial charge in [0, 0.05) is 23.3 Å². The van der Waals surface area contributed by atoms with E-state index in [9.17, 15) is 22.0 Å². The van der Waals surface area contributed by atoms with Gasteiger partial charge in [0.2, 0.25) is 0 Å². The lowest BCUT2D eigenvalue weighted by atomic mass is 10.3. The van der Waals surface area contributed by atoms with Crippen molar-refractivity contribution in [1.29, 1.82) is 0 Å². The topological polar surface area (TPSA) is 72.5 Å². The third-order valence-electron chi connectivity index (χ3n) is 2.87. The van der Waals surface area contributed by atoms with Crippen molar-refractivity contribution in [2.45, 2.75) is 17.7 Å². The van der Waals surface area contributed by atoms with Gasteiger partial charge in [-0.25, -0.2) is 17.2 Å². The molecule has 1 fully saturated rings. The number of hydrogen-bond donors (Lipinski definition) is 1. The van der Waals surface area contributed by atoms with Crippen LogP contribution < -0.4 is 10.1 Å². The Hall–Kier alpha value is -1.41. The van der Waals surface area contributed by atoms with E-state index in [1.165, 1.54) is 0 Å². The molecule has 0 bridgehead atoms. The number of benzene rings is 1. The summed E-state index contributed by atoms with van der Waals surface area (Å²) in [6, 6.07) is 0.978. The summed E-state index contributed by atoms with van der Waals surface area (Å²) in [4.78, 5) is 10.6. The minimum Gasteiger partial charge on any atom is -0.479 e. The van der Waals surface area contributed by atoms with Gasteiger partial charge in [-0.15, -0.1) is 0 Å². The molecule has 0 radical (unpaired) electrons. The second kappa shape index (κ2) is 6.15. The van der Waals surface area contributed by atoms with Crippen molar-refractivity contribution >= 4 is 25.6 Å². The summed E-state index contributed by atoms with van der Waals surface area (Å²) in [7, 11) is 0.686. The van der Waals surface area contributed by atoms with Gasteiger partial charge in [0.25, 0.3) is 15.0 Å². The average Bonchev–Trinajstić information content (AvgIpc) is 3.17. The quantitative estimate of drug-likeness (QED) is 0.802. The fourth-order valence-corrected chi connectivity index (χ4v) is 2.60. The predicted octanol–water partition coefficient (Wildman–Crippen LogP) is 1.80. The molecule has 1 saturated carbocycles. The van der Waals surface area contributed by atoms with E-state index in [1.807, 2.05) is 0 Å². The van der Waals surface area contributed by atoms with Gasteiger partial charge >= 0.3 is 0 Å². The van der Waals surface area contributed by atoms with Crippen LogP contribution in [0, 0.1) is 17.6 Å². The van der Waals surface area contributed by atoms with E-state index >= 15 is 0 Å². The molecule has 1 aromatic rings. The third-order valence-corrected chi connectivity index (χ3v) is 4.20. The van der Waals surface area contributed by atoms with Crippen molar-refractivity contribution in [1.82, 2.24) is 5.32 Å². The average molecular weight is 340 g/mol. The zero-order valence-electron chi connectivity index (χ0n) is 10.7. The van der Waals surface area contributed by atoms with Gasteiger partial charge in [-0.1, -0.05) is 0 Å². The first-order chi connectivity index (χ1) is 9.77. The van der Waals surface area contributed by atoms with Gasteiger partial charge in [0.05, 0.1) is 0 Å². The fraction of sp³-hybridized carbons (Fsp3) is 0.417. The molecule has 1 aromatic carbocycles. The highest BCUT2D eigenvalue weighted by Crippen LogP contribution is 2.31. The number of rotatable bonds is 6. The first kappa shape index (κ1) is 16.0. The molecule has 0 unspecified atom stereocenters. The Bertz CT molecular complexity index is 661. The maximum absolute atomic E-state index is 13.6. The Kier molecular flexibility index (Phi) is 4.67. The van der Waals surface area contributed by atoms with Gasteiger partial charge in [-0.2, -0.15) is 0 Å². The summed E-state index contributed by atoms with van der Waals surface area (Å²) < 4.78 is 54.1. The van der Waals surface area contributed by atoms with Crippen LogP contribution in [0.2, 0.25) is 0 Å². The number of amides is 1. The van der Waals surface area contributed by atoms with Crippen molar-refractivity contribution in [3.63, 3.8) is 0 Å². The van der Waals surface area contributed by atoms with E-state index in [1.54, 1.807) is 0 Å². The zero-order valence-corrected chi connectivity index (χ0v) is 12.3. The minimum atomic E-state index is -4.41. The summed E-state index contributed by atoms with van der Waals surface area (Å²) in [6.45, 7) is -0.0938. The van der Waals surface area contributed by atoms with Crippen LogP contribution in [0.25, 0.3) is 0 Å². The molecule has 0 saturated heterocycles. The molecular formula is C12H12ClF2NO4S. The lowest BCUT2D eigenvalue weighted by Crippen LogP contribution is -2.30. The minimum absolute atomic E-state index is 0.447. The molecule has 1 amide bonds. The Morgan fingerprint density at radius 3 is 2.62 bits per heavy atom. The van der Waals surface area contributed by atoms with Crippen LogP contribution in [0.15, 0.2) is 17.0 Å². The lowest BCUT2D eigenvalue weighted by Gasteiger charge is -2.11. The predicted molar refractivity (Wildman–Crippen MR) is 70.6 cm³/mol. The number of ether oxygens (including phenoxy) is 1. The Balaban J connectivity index is 2.09. The standard InChI is InChI=1S/C12H12ClF2NO4S/c13-21(18,19)10-4-8(14)3-9(15)12(10)20-6-11(17)16-5-7-1-2-7/h3-4,7H,1-2,5-6H2,(H,16,17). The van der Waals surface area contributed by atoms with Crippen molar-refractivity contribution < 1.29 is 26.7 Å². The molecule has 0 spiro atoms. The maximum atomic E-state index is 13.6. The number of hydrogen-bond acceptors (Lipinski definition) is 4. The van der Waals surface area contributed by atoms with E-state index < -0.39 is 43.8 Å². The summed E-state index contributed by atoms with van der Waals surface area (Å²) >= 11 is 0. The highest BCUT2D eigenvalue weighted by molar-refractivity contribution is 8.13. The molecule has 5 nitrogen and oxygen atoms in total. The molecule has 0 aromatic heterocycles. The highest BCUT2D eigenvalue weighted by atomic mass is 35.7. The molecule has 116 valence electrons. The number of carbonyl (C=O) groups excluding carboxylic acids is 1. The Labute approximate surface area is 124 Å². The van der Waals surface area contributed by atoms with Gasteiger partial charge in [-0.3, -0.25) is 4.79 Å². The molecule has 1 N–H and O–H groups in total. The second-order valence-electron chi connectivity index (χ2n) is 4.69. The van der Waals surface area contributed by atoms with Crippen molar-refractivity contribution in [2.75, 3.05) is 13.2 Å². The van der Waals surface area contributed by atoms with Gasteiger partial charge in [0.1, 0.15) is 10.7 Å². The van der Waals surface area contributed by atoms with Crippen molar-refractivity contribution in [2.24, 2.45) is 5.92 Å². The largest absolute Gasteiger partial charge is 0.479 e. The normalized spacial score (nSPS) is 14.8. The molecule has 0 aliphatic heterocycles. The van der Waals surface area contributed by atoms with E-state index in [0.717, 1.165) is 12.8 Å². The van der Waals surface area contributed by atoms with E-state index in [4.69, 9.17) is 15.4 Å². The summed E-state index contributed by atoms with van der Waals surface area (Å²) in [6.07, 6.45) is 2.09. The molecule has 9 heteroatoms. The van der Waals surface area contributed by atoms with Crippen molar-refractivity contribution in [3.8, 4) is 5.75 Å². The second-order valence-corrected chi connectivity index (χ2v) is 7.22. The maximum Gasteiger partial charge on any atom is 0.265 e. The van der Waals surface area contributed by atoms with Crippen LogP contribution in [-0.2, 0) is 13.8 Å². The molecule has 21 heavy (non-hydrogen) atoms. The van der Waals surface area contributed by atoms with Crippen LogP contribution in [0.3, 0.4) is 0 Å². The van der Waals surface area contributed by atoms with Gasteiger partial charge in [-0.05, 0) is 24.8 Å². The number of carbonyl (C=O) groups is 1. The molecule has 1 aliphatic carbocycles. The van der Waals surface area contributed by atoms with Crippen LogP contribution in [-0.4, -0.2) is 27.5 Å². The van der Waals surface area contributed by atoms with Crippen LogP contribution >= 0.6 is 10.7 Å². The third kappa shape index (κ3) is 4.53. The number of halogens is 3. The molecule has 0 heterocycles. The van der Waals surface area contributed by atoms with Crippen LogP contribution in [0.5, 0.6) is 5.75 Å². The number of nitrogens with one attached hydrogen (secondary N) is 1. The first-order valence-electron chi connectivity index (χ1n) is 6.10. The smallest absolute Gasteiger partial charge is 0.265 e. The highest BCUT2D eigenvalue weighted by Gasteiger charge is 2.24. The Morgan fingerprint density at radius 2 is 2.05 bits per heavy atom. The summed E-state index contributed by atoms with van der Waals surface area (Å²) in [5.74, 6) is -3.20. The molecule has 2 rings (SSSR count).